The van der Waals surface area contributed by atoms with Crippen LogP contribution in [0.4, 0.5) is 17.6 Å². The van der Waals surface area contributed by atoms with Gasteiger partial charge in [-0.25, -0.2) is 4.39 Å². The van der Waals surface area contributed by atoms with Crippen LogP contribution < -0.4 is 9.47 Å². The van der Waals surface area contributed by atoms with E-state index in [9.17, 15) is 22.4 Å². The molecule has 162 valence electrons. The minimum atomic E-state index is -4.99. The molecule has 0 spiro atoms. The monoisotopic (exact) mass is 418 g/mol. The summed E-state index contributed by atoms with van der Waals surface area (Å²) in [5.41, 5.74) is 0. The van der Waals surface area contributed by atoms with E-state index >= 15 is 0 Å². The molecule has 1 aromatic rings. The number of hydrogen-bond donors (Lipinski definition) is 0. The smallest absolute Gasteiger partial charge is 0.426 e. The molecule has 1 saturated heterocycles. The van der Waals surface area contributed by atoms with E-state index < -0.39 is 23.9 Å². The van der Waals surface area contributed by atoms with Crippen LogP contribution in [0.25, 0.3) is 0 Å². The van der Waals surface area contributed by atoms with Gasteiger partial charge in [0.2, 0.25) is 0 Å². The van der Waals surface area contributed by atoms with Crippen LogP contribution in [0, 0.1) is 17.7 Å². The molecule has 2 aliphatic rings. The van der Waals surface area contributed by atoms with Crippen LogP contribution in [0.3, 0.4) is 0 Å². The molecule has 0 radical (unpaired) electrons. The van der Waals surface area contributed by atoms with Crippen LogP contribution in [-0.4, -0.2) is 24.5 Å². The molecule has 2 fully saturated rings. The predicted octanol–water partition coefficient (Wildman–Crippen LogP) is 5.78. The van der Waals surface area contributed by atoms with Gasteiger partial charge in [0.15, 0.2) is 11.6 Å². The highest BCUT2D eigenvalue weighted by Crippen LogP contribution is 2.38. The van der Waals surface area contributed by atoms with Crippen LogP contribution in [0.15, 0.2) is 18.2 Å². The van der Waals surface area contributed by atoms with Gasteiger partial charge in [0.1, 0.15) is 5.75 Å². The third-order valence-corrected chi connectivity index (χ3v) is 5.73. The van der Waals surface area contributed by atoms with Crippen molar-refractivity contribution in [1.82, 2.24) is 0 Å². The normalized spacial score (nSPS) is 27.6. The van der Waals surface area contributed by atoms with Crippen molar-refractivity contribution in [2.24, 2.45) is 11.8 Å². The number of carbonyl (C=O) groups is 1. The van der Waals surface area contributed by atoms with Crippen molar-refractivity contribution < 1.29 is 36.6 Å². The van der Waals surface area contributed by atoms with Gasteiger partial charge in [0.05, 0.1) is 18.1 Å². The molecular weight excluding hydrogens is 392 g/mol. The molecule has 1 heterocycles. The second-order valence-corrected chi connectivity index (χ2v) is 7.84. The van der Waals surface area contributed by atoms with Crippen molar-refractivity contribution in [3.8, 4) is 11.5 Å². The topological polar surface area (TPSA) is 44.8 Å². The van der Waals surface area contributed by atoms with Crippen LogP contribution in [0.1, 0.15) is 58.3 Å². The molecule has 4 nitrogen and oxygen atoms in total. The van der Waals surface area contributed by atoms with Crippen LogP contribution in [-0.2, 0) is 9.53 Å². The molecule has 8 heteroatoms. The van der Waals surface area contributed by atoms with Gasteiger partial charge in [0.25, 0.3) is 0 Å². The maximum absolute atomic E-state index is 13.8. The van der Waals surface area contributed by atoms with E-state index in [0.717, 1.165) is 56.7 Å². The zero-order valence-corrected chi connectivity index (χ0v) is 16.3. The first-order chi connectivity index (χ1) is 13.7. The van der Waals surface area contributed by atoms with Gasteiger partial charge in [-0.1, -0.05) is 13.3 Å². The van der Waals surface area contributed by atoms with E-state index in [0.29, 0.717) is 24.9 Å². The number of benzene rings is 1. The number of hydrogen-bond acceptors (Lipinski definition) is 4. The summed E-state index contributed by atoms with van der Waals surface area (Å²) in [5, 5.41) is 0. The van der Waals surface area contributed by atoms with Crippen molar-refractivity contribution in [3.05, 3.63) is 24.0 Å². The van der Waals surface area contributed by atoms with E-state index in [2.05, 4.69) is 11.7 Å². The molecule has 2 atom stereocenters. The van der Waals surface area contributed by atoms with Gasteiger partial charge in [-0.2, -0.15) is 0 Å². The second-order valence-electron chi connectivity index (χ2n) is 7.84. The van der Waals surface area contributed by atoms with Crippen molar-refractivity contribution in [3.63, 3.8) is 0 Å². The first kappa shape index (κ1) is 21.9. The molecule has 0 aromatic heterocycles. The number of ether oxygens (including phenoxy) is 3. The minimum Gasteiger partial charge on any atom is -0.426 e. The molecule has 1 aliphatic heterocycles. The first-order valence-corrected chi connectivity index (χ1v) is 10.2. The lowest BCUT2D eigenvalue weighted by Crippen LogP contribution is -2.30. The molecule has 0 amide bonds. The average molecular weight is 418 g/mol. The van der Waals surface area contributed by atoms with Crippen LogP contribution in [0.2, 0.25) is 0 Å². The molecule has 1 aromatic carbocycles. The second kappa shape index (κ2) is 9.32. The van der Waals surface area contributed by atoms with Crippen LogP contribution in [0.5, 0.6) is 11.5 Å². The van der Waals surface area contributed by atoms with E-state index in [-0.39, 0.29) is 17.8 Å². The summed E-state index contributed by atoms with van der Waals surface area (Å²) >= 11 is 0. The molecule has 2 unspecified atom stereocenters. The number of carbonyl (C=O) groups excluding carboxylic acids is 1. The Morgan fingerprint density at radius 1 is 1.14 bits per heavy atom. The van der Waals surface area contributed by atoms with Crippen molar-refractivity contribution >= 4 is 5.97 Å². The van der Waals surface area contributed by atoms with Crippen molar-refractivity contribution in [2.45, 2.75) is 76.9 Å². The molecule has 0 N–H and O–H groups in total. The van der Waals surface area contributed by atoms with Gasteiger partial charge in [-0.3, -0.25) is 4.79 Å². The summed E-state index contributed by atoms with van der Waals surface area (Å²) in [4.78, 5) is 12.4. The summed E-state index contributed by atoms with van der Waals surface area (Å²) in [6, 6.07) is 2.62. The fraction of sp³-hybridized carbons (Fsp3) is 0.667. The lowest BCUT2D eigenvalue weighted by molar-refractivity contribution is -0.275. The lowest BCUT2D eigenvalue weighted by atomic mass is 9.79. The standard InChI is InChI=1S/C21H26F4O4/c1-2-3-15-8-10-18(27-15)13-4-6-14(7-5-13)20(26)28-16-9-11-19(17(22)12-16)29-21(23,24)25/h9,11-15,18H,2-8,10H2,1H3. The highest BCUT2D eigenvalue weighted by atomic mass is 19.4. The maximum atomic E-state index is 13.8. The zero-order chi connectivity index (χ0) is 21.0. The number of rotatable bonds is 6. The fourth-order valence-corrected chi connectivity index (χ4v) is 4.29. The van der Waals surface area contributed by atoms with Crippen molar-refractivity contribution in [2.75, 3.05) is 0 Å². The predicted molar refractivity (Wildman–Crippen MR) is 97.0 cm³/mol. The summed E-state index contributed by atoms with van der Waals surface area (Å²) in [6.45, 7) is 2.15. The van der Waals surface area contributed by atoms with Crippen LogP contribution >= 0.6 is 0 Å². The summed E-state index contributed by atoms with van der Waals surface area (Å²) in [7, 11) is 0. The third kappa shape index (κ3) is 6.07. The average Bonchev–Trinajstić information content (AvgIpc) is 3.12. The molecule has 1 aliphatic carbocycles. The Morgan fingerprint density at radius 2 is 1.86 bits per heavy atom. The maximum Gasteiger partial charge on any atom is 0.573 e. The number of halogens is 4. The third-order valence-electron chi connectivity index (χ3n) is 5.73. The van der Waals surface area contributed by atoms with Gasteiger partial charge < -0.3 is 14.2 Å². The zero-order valence-electron chi connectivity index (χ0n) is 16.3. The number of esters is 1. The van der Waals surface area contributed by atoms with E-state index in [4.69, 9.17) is 9.47 Å². The van der Waals surface area contributed by atoms with Gasteiger partial charge in [0, 0.05) is 6.07 Å². The Balaban J connectivity index is 1.48. The highest BCUT2D eigenvalue weighted by molar-refractivity contribution is 5.75. The summed E-state index contributed by atoms with van der Waals surface area (Å²) in [5.74, 6) is -2.67. The molecule has 3 rings (SSSR count). The fourth-order valence-electron chi connectivity index (χ4n) is 4.29. The SMILES string of the molecule is CCCC1CCC(C2CCC(C(=O)Oc3ccc(OC(F)(F)F)c(F)c3)CC2)O1. The van der Waals surface area contributed by atoms with E-state index in [1.807, 2.05) is 0 Å². The lowest BCUT2D eigenvalue weighted by Gasteiger charge is -2.31. The Labute approximate surface area is 167 Å². The molecule has 0 bridgehead atoms. The summed E-state index contributed by atoms with van der Waals surface area (Å²) in [6.07, 6.45) is 3.06. The molecule has 29 heavy (non-hydrogen) atoms. The molecule has 1 saturated carbocycles. The Kier molecular flexibility index (Phi) is 7.03. The van der Waals surface area contributed by atoms with E-state index in [1.54, 1.807) is 0 Å². The minimum absolute atomic E-state index is 0.134. The Morgan fingerprint density at radius 3 is 2.48 bits per heavy atom. The van der Waals surface area contributed by atoms with Gasteiger partial charge >= 0.3 is 12.3 Å². The van der Waals surface area contributed by atoms with Gasteiger partial charge in [-0.05, 0) is 63.0 Å². The summed E-state index contributed by atoms with van der Waals surface area (Å²) < 4.78 is 65.2. The highest BCUT2D eigenvalue weighted by Gasteiger charge is 2.36. The van der Waals surface area contributed by atoms with Gasteiger partial charge in [-0.15, -0.1) is 13.2 Å². The molecular formula is C21H26F4O4. The van der Waals surface area contributed by atoms with Crippen molar-refractivity contribution in [1.29, 1.82) is 0 Å². The number of alkyl halides is 3. The Bertz CT molecular complexity index is 698. The first-order valence-electron chi connectivity index (χ1n) is 10.2. The quantitative estimate of drug-likeness (QED) is 0.334. The largest absolute Gasteiger partial charge is 0.573 e. The van der Waals surface area contributed by atoms with E-state index in [1.165, 1.54) is 0 Å². The Hall–Kier alpha value is -1.83.